The van der Waals surface area contributed by atoms with E-state index in [1.165, 1.54) is 11.1 Å². The molecule has 1 aliphatic rings. The summed E-state index contributed by atoms with van der Waals surface area (Å²) in [6, 6.07) is 17.2. The molecular weight excluding hydrogens is 312 g/mol. The van der Waals surface area contributed by atoms with Gasteiger partial charge in [-0.25, -0.2) is 4.98 Å². The summed E-state index contributed by atoms with van der Waals surface area (Å²) in [5, 5.41) is 3.50. The summed E-state index contributed by atoms with van der Waals surface area (Å²) in [4.78, 5) is 10.5. The van der Waals surface area contributed by atoms with Crippen LogP contribution >= 0.6 is 0 Å². The zero-order valence-corrected chi connectivity index (χ0v) is 14.5. The van der Waals surface area contributed by atoms with Crippen LogP contribution in [-0.4, -0.2) is 47.7 Å². The van der Waals surface area contributed by atoms with Crippen LogP contribution in [0, 0.1) is 6.92 Å². The Labute approximate surface area is 148 Å². The Morgan fingerprint density at radius 1 is 1.12 bits per heavy atom. The minimum atomic E-state index is 0.303. The number of hydrogen-bond donors (Lipinski definition) is 2. The van der Waals surface area contributed by atoms with Crippen LogP contribution in [0.3, 0.4) is 0 Å². The van der Waals surface area contributed by atoms with Crippen molar-refractivity contribution in [2.24, 2.45) is 0 Å². The van der Waals surface area contributed by atoms with Gasteiger partial charge in [0.1, 0.15) is 0 Å². The van der Waals surface area contributed by atoms with Crippen LogP contribution in [0.15, 0.2) is 48.5 Å². The number of para-hydroxylation sites is 2. The number of benzene rings is 2. The number of imidazole rings is 1. The highest BCUT2D eigenvalue weighted by Gasteiger charge is 2.22. The predicted molar refractivity (Wildman–Crippen MR) is 101 cm³/mol. The van der Waals surface area contributed by atoms with Gasteiger partial charge >= 0.3 is 0 Å². The van der Waals surface area contributed by atoms with Gasteiger partial charge in [0.2, 0.25) is 5.95 Å². The fourth-order valence-corrected chi connectivity index (χ4v) is 3.37. The minimum absolute atomic E-state index is 0.303. The van der Waals surface area contributed by atoms with E-state index in [1.807, 2.05) is 24.3 Å². The number of rotatable bonds is 5. The Morgan fingerprint density at radius 3 is 2.64 bits per heavy atom. The highest BCUT2D eigenvalue weighted by molar-refractivity contribution is 5.77. The second kappa shape index (κ2) is 7.25. The second-order valence-electron chi connectivity index (χ2n) is 6.56. The molecule has 3 aromatic rings. The van der Waals surface area contributed by atoms with E-state index in [-0.39, 0.29) is 0 Å². The molecule has 130 valence electrons. The SMILES string of the molecule is Cc1ccc(C(CNc2nc3ccccc3[nH]2)N2CCOCC2)cc1. The van der Waals surface area contributed by atoms with Crippen molar-refractivity contribution < 1.29 is 4.74 Å². The molecule has 5 heteroatoms. The third-order valence-corrected chi connectivity index (χ3v) is 4.80. The van der Waals surface area contributed by atoms with Gasteiger partial charge in [0, 0.05) is 19.6 Å². The van der Waals surface area contributed by atoms with Crippen LogP contribution in [0.2, 0.25) is 0 Å². The number of nitrogens with zero attached hydrogens (tertiary/aromatic N) is 2. The van der Waals surface area contributed by atoms with E-state index in [9.17, 15) is 0 Å². The molecule has 0 saturated carbocycles. The van der Waals surface area contributed by atoms with Crippen molar-refractivity contribution in [3.63, 3.8) is 0 Å². The van der Waals surface area contributed by atoms with Gasteiger partial charge in [0.05, 0.1) is 30.3 Å². The topological polar surface area (TPSA) is 53.2 Å². The van der Waals surface area contributed by atoms with Crippen molar-refractivity contribution >= 4 is 17.0 Å². The fraction of sp³-hybridized carbons (Fsp3) is 0.350. The molecule has 1 aromatic heterocycles. The zero-order valence-electron chi connectivity index (χ0n) is 14.5. The average Bonchev–Trinajstić information content (AvgIpc) is 3.07. The number of H-pyrrole nitrogens is 1. The molecule has 1 atom stereocenters. The first kappa shape index (κ1) is 16.1. The Balaban J connectivity index is 1.53. The Morgan fingerprint density at radius 2 is 1.88 bits per heavy atom. The number of anilines is 1. The summed E-state index contributed by atoms with van der Waals surface area (Å²) in [6.45, 7) is 6.45. The molecular formula is C20H24N4O. The molecule has 2 N–H and O–H groups in total. The molecule has 2 heterocycles. The molecule has 0 bridgehead atoms. The number of ether oxygens (including phenoxy) is 1. The summed E-state index contributed by atoms with van der Waals surface area (Å²) < 4.78 is 5.53. The molecule has 1 aliphatic heterocycles. The van der Waals surface area contributed by atoms with E-state index in [0.29, 0.717) is 6.04 Å². The number of aromatic nitrogens is 2. The number of fused-ring (bicyclic) bond motifs is 1. The third-order valence-electron chi connectivity index (χ3n) is 4.80. The van der Waals surface area contributed by atoms with E-state index in [1.54, 1.807) is 0 Å². The van der Waals surface area contributed by atoms with E-state index < -0.39 is 0 Å². The van der Waals surface area contributed by atoms with Crippen LogP contribution in [0.4, 0.5) is 5.95 Å². The highest BCUT2D eigenvalue weighted by atomic mass is 16.5. The minimum Gasteiger partial charge on any atom is -0.379 e. The average molecular weight is 336 g/mol. The molecule has 2 aromatic carbocycles. The lowest BCUT2D eigenvalue weighted by molar-refractivity contribution is 0.0187. The van der Waals surface area contributed by atoms with Gasteiger partial charge in [-0.05, 0) is 24.6 Å². The maximum absolute atomic E-state index is 5.53. The Bertz CT molecular complexity index is 788. The lowest BCUT2D eigenvalue weighted by atomic mass is 10.0. The maximum atomic E-state index is 5.53. The molecule has 1 fully saturated rings. The molecule has 1 unspecified atom stereocenters. The number of morpholine rings is 1. The Kier molecular flexibility index (Phi) is 4.68. The number of hydrogen-bond acceptors (Lipinski definition) is 4. The first-order valence-corrected chi connectivity index (χ1v) is 8.86. The van der Waals surface area contributed by atoms with E-state index >= 15 is 0 Å². The molecule has 0 aliphatic carbocycles. The monoisotopic (exact) mass is 336 g/mol. The first-order chi connectivity index (χ1) is 12.3. The smallest absolute Gasteiger partial charge is 0.201 e. The first-order valence-electron chi connectivity index (χ1n) is 8.86. The molecule has 4 rings (SSSR count). The molecule has 0 radical (unpaired) electrons. The lowest BCUT2D eigenvalue weighted by Crippen LogP contribution is -2.41. The summed E-state index contributed by atoms with van der Waals surface area (Å²) in [5.74, 6) is 0.826. The second-order valence-corrected chi connectivity index (χ2v) is 6.56. The standard InChI is InChI=1S/C20H24N4O/c1-15-6-8-16(9-7-15)19(24-10-12-25-13-11-24)14-21-20-22-17-4-2-3-5-18(17)23-20/h2-9,19H,10-14H2,1H3,(H2,21,22,23). The van der Waals surface area contributed by atoms with Gasteiger partial charge in [-0.3, -0.25) is 4.90 Å². The normalized spacial score (nSPS) is 16.8. The van der Waals surface area contributed by atoms with E-state index in [2.05, 4.69) is 51.4 Å². The van der Waals surface area contributed by atoms with Crippen LogP contribution < -0.4 is 5.32 Å². The number of aryl methyl sites for hydroxylation is 1. The maximum Gasteiger partial charge on any atom is 0.201 e. The van der Waals surface area contributed by atoms with Crippen molar-refractivity contribution in [2.75, 3.05) is 38.2 Å². The third kappa shape index (κ3) is 3.67. The predicted octanol–water partition coefficient (Wildman–Crippen LogP) is 3.36. The molecule has 0 amide bonds. The molecule has 25 heavy (non-hydrogen) atoms. The molecule has 0 spiro atoms. The van der Waals surface area contributed by atoms with E-state index in [0.717, 1.165) is 49.8 Å². The number of nitrogens with one attached hydrogen (secondary N) is 2. The van der Waals surface area contributed by atoms with Gasteiger partial charge in [0.15, 0.2) is 0 Å². The summed E-state index contributed by atoms with van der Waals surface area (Å²) in [6.07, 6.45) is 0. The van der Waals surface area contributed by atoms with E-state index in [4.69, 9.17) is 4.74 Å². The van der Waals surface area contributed by atoms with Crippen molar-refractivity contribution in [1.29, 1.82) is 0 Å². The van der Waals surface area contributed by atoms with Crippen LogP contribution in [0.5, 0.6) is 0 Å². The summed E-state index contributed by atoms with van der Waals surface area (Å²) in [7, 11) is 0. The van der Waals surface area contributed by atoms with Gasteiger partial charge in [-0.2, -0.15) is 0 Å². The van der Waals surface area contributed by atoms with Gasteiger partial charge in [-0.15, -0.1) is 0 Å². The zero-order chi connectivity index (χ0) is 17.1. The van der Waals surface area contributed by atoms with Crippen LogP contribution in [0.1, 0.15) is 17.2 Å². The largest absolute Gasteiger partial charge is 0.379 e. The summed E-state index contributed by atoms with van der Waals surface area (Å²) in [5.41, 5.74) is 4.66. The van der Waals surface area contributed by atoms with Crippen LogP contribution in [-0.2, 0) is 4.74 Å². The highest BCUT2D eigenvalue weighted by Crippen LogP contribution is 2.23. The Hall–Kier alpha value is -2.37. The number of aromatic amines is 1. The van der Waals surface area contributed by atoms with Crippen molar-refractivity contribution in [3.05, 3.63) is 59.7 Å². The van der Waals surface area contributed by atoms with Crippen molar-refractivity contribution in [1.82, 2.24) is 14.9 Å². The lowest BCUT2D eigenvalue weighted by Gasteiger charge is -2.35. The van der Waals surface area contributed by atoms with Crippen molar-refractivity contribution in [2.45, 2.75) is 13.0 Å². The van der Waals surface area contributed by atoms with Gasteiger partial charge < -0.3 is 15.0 Å². The van der Waals surface area contributed by atoms with Gasteiger partial charge in [-0.1, -0.05) is 42.0 Å². The molecule has 5 nitrogen and oxygen atoms in total. The fourth-order valence-electron chi connectivity index (χ4n) is 3.37. The van der Waals surface area contributed by atoms with Gasteiger partial charge in [0.25, 0.3) is 0 Å². The van der Waals surface area contributed by atoms with Crippen molar-refractivity contribution in [3.8, 4) is 0 Å². The quantitative estimate of drug-likeness (QED) is 0.750. The summed E-state index contributed by atoms with van der Waals surface area (Å²) >= 11 is 0. The molecule has 1 saturated heterocycles. The van der Waals surface area contributed by atoms with Crippen LogP contribution in [0.25, 0.3) is 11.0 Å².